The summed E-state index contributed by atoms with van der Waals surface area (Å²) in [4.78, 5) is 28.6. The van der Waals surface area contributed by atoms with Crippen LogP contribution in [0.4, 0.5) is 5.13 Å². The number of ether oxygens (including phenoxy) is 2. The molecule has 0 radical (unpaired) electrons. The van der Waals surface area contributed by atoms with Gasteiger partial charge in [0.05, 0.1) is 18.7 Å². The van der Waals surface area contributed by atoms with E-state index in [1.54, 1.807) is 48.5 Å². The number of ketones is 1. The summed E-state index contributed by atoms with van der Waals surface area (Å²) in [5.74, 6) is -0.189. The van der Waals surface area contributed by atoms with Crippen molar-refractivity contribution < 1.29 is 24.2 Å². The molecule has 1 fully saturated rings. The number of aliphatic hydroxyl groups is 1. The van der Waals surface area contributed by atoms with Crippen LogP contribution in [0.25, 0.3) is 5.76 Å². The van der Waals surface area contributed by atoms with E-state index in [1.165, 1.54) is 35.1 Å². The van der Waals surface area contributed by atoms with Gasteiger partial charge < -0.3 is 14.6 Å². The molecule has 0 saturated carbocycles. The molecule has 0 aliphatic carbocycles. The number of anilines is 1. The van der Waals surface area contributed by atoms with Crippen molar-refractivity contribution >= 4 is 57.3 Å². The highest BCUT2D eigenvalue weighted by Gasteiger charge is 2.48. The second-order valence-electron chi connectivity index (χ2n) is 10.0. The maximum absolute atomic E-state index is 13.7. The van der Waals surface area contributed by atoms with Gasteiger partial charge in [-0.15, -0.1) is 10.2 Å². The van der Waals surface area contributed by atoms with Gasteiger partial charge in [0.15, 0.2) is 4.34 Å². The van der Waals surface area contributed by atoms with E-state index in [9.17, 15) is 14.7 Å². The highest BCUT2D eigenvalue weighted by molar-refractivity contribution is 8.00. The van der Waals surface area contributed by atoms with Crippen LogP contribution in [0.3, 0.4) is 0 Å². The van der Waals surface area contributed by atoms with Gasteiger partial charge in [-0.25, -0.2) is 0 Å². The van der Waals surface area contributed by atoms with Crippen molar-refractivity contribution in [2.24, 2.45) is 0 Å². The third-order valence-corrected chi connectivity index (χ3v) is 9.49. The minimum absolute atomic E-state index is 0.0593. The van der Waals surface area contributed by atoms with Gasteiger partial charge in [-0.1, -0.05) is 89.3 Å². The Kier molecular flexibility index (Phi) is 9.16. The lowest BCUT2D eigenvalue weighted by Gasteiger charge is -2.23. The van der Waals surface area contributed by atoms with Gasteiger partial charge in [0, 0.05) is 16.3 Å². The Morgan fingerprint density at radius 1 is 0.911 bits per heavy atom. The number of hydrogen-bond acceptors (Lipinski definition) is 9. The summed E-state index contributed by atoms with van der Waals surface area (Å²) in [5, 5.41) is 21.0. The van der Waals surface area contributed by atoms with Gasteiger partial charge in [0.2, 0.25) is 5.13 Å². The Labute approximate surface area is 272 Å². The van der Waals surface area contributed by atoms with Gasteiger partial charge in [-0.3, -0.25) is 14.5 Å². The largest absolute Gasteiger partial charge is 0.507 e. The zero-order valence-corrected chi connectivity index (χ0v) is 26.3. The van der Waals surface area contributed by atoms with E-state index in [0.717, 1.165) is 11.1 Å². The summed E-state index contributed by atoms with van der Waals surface area (Å²) < 4.78 is 11.9. The lowest BCUT2D eigenvalue weighted by Crippen LogP contribution is -2.29. The average Bonchev–Trinajstić information content (AvgIpc) is 3.65. The van der Waals surface area contributed by atoms with Crippen molar-refractivity contribution in [1.29, 1.82) is 0 Å². The minimum atomic E-state index is -0.977. The van der Waals surface area contributed by atoms with Crippen LogP contribution in [-0.2, 0) is 21.9 Å². The van der Waals surface area contributed by atoms with Crippen molar-refractivity contribution in [2.75, 3.05) is 12.0 Å². The van der Waals surface area contributed by atoms with E-state index < -0.39 is 17.7 Å². The second kappa shape index (κ2) is 13.6. The van der Waals surface area contributed by atoms with E-state index in [2.05, 4.69) is 10.2 Å². The Morgan fingerprint density at radius 2 is 1.67 bits per heavy atom. The number of carbonyl (C=O) groups is 2. The molecule has 4 aromatic carbocycles. The molecule has 2 heterocycles. The number of Topliss-reactive ketones (excluding diaryl/α,β-unsaturated/α-hetero) is 1. The fourth-order valence-electron chi connectivity index (χ4n) is 4.85. The maximum atomic E-state index is 13.7. The third kappa shape index (κ3) is 6.73. The molecule has 1 aliphatic heterocycles. The molecule has 226 valence electrons. The first-order valence-corrected chi connectivity index (χ1v) is 16.0. The standard InChI is InChI=1S/C34H26ClN3O5S2/c1-42-26-16-12-23(13-17-26)30(39)28-29(24-8-5-9-27(18-24)43-19-21-6-3-2-4-7-21)38(32(41)31(28)40)33-36-37-34(45-33)44-20-22-10-14-25(35)15-11-22/h2-18,29,39H,19-20H2,1H3/b30-28+. The van der Waals surface area contributed by atoms with E-state index >= 15 is 0 Å². The minimum Gasteiger partial charge on any atom is -0.507 e. The number of methoxy groups -OCH3 is 1. The Bertz CT molecular complexity index is 1860. The molecule has 0 bridgehead atoms. The number of halogens is 1. The molecule has 6 rings (SSSR count). The number of carbonyl (C=O) groups excluding carboxylic acids is 2. The molecular formula is C34H26ClN3O5S2. The number of aliphatic hydroxyl groups excluding tert-OH is 1. The number of rotatable bonds is 10. The topological polar surface area (TPSA) is 102 Å². The molecule has 45 heavy (non-hydrogen) atoms. The fraction of sp³-hybridized carbons (Fsp3) is 0.118. The summed E-state index contributed by atoms with van der Waals surface area (Å²) in [6.45, 7) is 0.334. The van der Waals surface area contributed by atoms with Crippen LogP contribution in [0.15, 0.2) is 113 Å². The van der Waals surface area contributed by atoms with E-state index in [0.29, 0.717) is 44.3 Å². The maximum Gasteiger partial charge on any atom is 0.301 e. The van der Waals surface area contributed by atoms with Gasteiger partial charge in [-0.2, -0.15) is 0 Å². The van der Waals surface area contributed by atoms with Crippen LogP contribution in [0.2, 0.25) is 5.02 Å². The Morgan fingerprint density at radius 3 is 2.40 bits per heavy atom. The zero-order valence-electron chi connectivity index (χ0n) is 23.9. The summed E-state index contributed by atoms with van der Waals surface area (Å²) in [7, 11) is 1.54. The van der Waals surface area contributed by atoms with Gasteiger partial charge in [0.1, 0.15) is 23.9 Å². The van der Waals surface area contributed by atoms with E-state index in [-0.39, 0.29) is 16.5 Å². The molecule has 1 aromatic heterocycles. The SMILES string of the molecule is COc1ccc(/C(O)=C2\C(=O)C(=O)N(c3nnc(SCc4ccc(Cl)cc4)s3)C2c2cccc(OCc3ccccc3)c2)cc1. The summed E-state index contributed by atoms with van der Waals surface area (Å²) in [6, 6.07) is 30.0. The van der Waals surface area contributed by atoms with Crippen molar-refractivity contribution in [3.05, 3.63) is 136 Å². The van der Waals surface area contributed by atoms with Crippen LogP contribution in [0.1, 0.15) is 28.3 Å². The molecule has 1 saturated heterocycles. The number of amides is 1. The van der Waals surface area contributed by atoms with E-state index in [4.69, 9.17) is 21.1 Å². The Balaban J connectivity index is 1.36. The number of aromatic nitrogens is 2. The van der Waals surface area contributed by atoms with Crippen LogP contribution >= 0.6 is 34.7 Å². The molecule has 11 heteroatoms. The first-order valence-electron chi connectivity index (χ1n) is 13.8. The van der Waals surface area contributed by atoms with Gasteiger partial charge in [0.25, 0.3) is 5.78 Å². The molecule has 1 aliphatic rings. The van der Waals surface area contributed by atoms with Crippen LogP contribution in [0.5, 0.6) is 11.5 Å². The predicted octanol–water partition coefficient (Wildman–Crippen LogP) is 7.70. The second-order valence-corrected chi connectivity index (χ2v) is 12.6. The third-order valence-electron chi connectivity index (χ3n) is 7.11. The lowest BCUT2D eigenvalue weighted by atomic mass is 9.95. The van der Waals surface area contributed by atoms with Crippen molar-refractivity contribution in [3.8, 4) is 11.5 Å². The molecule has 1 amide bonds. The highest BCUT2D eigenvalue weighted by Crippen LogP contribution is 2.44. The van der Waals surface area contributed by atoms with Crippen molar-refractivity contribution in [2.45, 2.75) is 22.7 Å². The van der Waals surface area contributed by atoms with Gasteiger partial charge >= 0.3 is 5.91 Å². The molecular weight excluding hydrogens is 630 g/mol. The number of nitrogens with zero attached hydrogens (tertiary/aromatic N) is 3. The predicted molar refractivity (Wildman–Crippen MR) is 176 cm³/mol. The number of hydrogen-bond donors (Lipinski definition) is 1. The van der Waals surface area contributed by atoms with Crippen LogP contribution < -0.4 is 14.4 Å². The molecule has 1 N–H and O–H groups in total. The molecule has 0 spiro atoms. The monoisotopic (exact) mass is 655 g/mol. The molecule has 5 aromatic rings. The summed E-state index contributed by atoms with van der Waals surface area (Å²) in [5.41, 5.74) is 2.92. The van der Waals surface area contributed by atoms with Crippen LogP contribution in [0, 0.1) is 0 Å². The first kappa shape index (κ1) is 30.4. The Hall–Kier alpha value is -4.64. The van der Waals surface area contributed by atoms with Crippen LogP contribution in [-0.4, -0.2) is 34.1 Å². The normalized spacial score (nSPS) is 15.8. The smallest absolute Gasteiger partial charge is 0.301 e. The highest BCUT2D eigenvalue weighted by atomic mass is 35.5. The summed E-state index contributed by atoms with van der Waals surface area (Å²) >= 11 is 8.67. The van der Waals surface area contributed by atoms with Crippen molar-refractivity contribution in [3.63, 3.8) is 0 Å². The number of thioether (sulfide) groups is 1. The average molecular weight is 656 g/mol. The first-order chi connectivity index (χ1) is 21.9. The quantitative estimate of drug-likeness (QED) is 0.0537. The molecule has 1 atom stereocenters. The lowest BCUT2D eigenvalue weighted by molar-refractivity contribution is -0.132. The van der Waals surface area contributed by atoms with Crippen molar-refractivity contribution in [1.82, 2.24) is 10.2 Å². The van der Waals surface area contributed by atoms with Gasteiger partial charge in [-0.05, 0) is 65.2 Å². The summed E-state index contributed by atoms with van der Waals surface area (Å²) in [6.07, 6.45) is 0. The molecule has 8 nitrogen and oxygen atoms in total. The zero-order chi connectivity index (χ0) is 31.3. The fourth-order valence-corrected chi connectivity index (χ4v) is 6.80. The van der Waals surface area contributed by atoms with E-state index in [1.807, 2.05) is 54.6 Å². The molecule has 1 unspecified atom stereocenters. The number of benzene rings is 4.